The molecule has 0 rings (SSSR count). The molecule has 6 nitrogen and oxygen atoms in total. The van der Waals surface area contributed by atoms with Crippen molar-refractivity contribution in [2.45, 2.75) is 225 Å². The number of rotatable bonds is 39. The van der Waals surface area contributed by atoms with Crippen LogP contribution in [0, 0.1) is 0 Å². The molecule has 0 aliphatic carbocycles. The standard InChI is InChI=1S/C48H85NO5/c1-4-7-10-13-16-19-21-22-23-24-25-26-28-30-33-36-39-44(54-48(53)41-38-35-32-27-18-15-12-9-6-3)42-47(52)49-45(43-50)46(51)40-37-34-31-29-20-17-14-11-8-5-2/h10,13,16,19,21-26,44-46,50-51H,4-9,11-12,14-15,17-18,20,27-43H2,1-3H3,(H,49,52)/b13-10+,19-16+,22-21+,24-23+,26-25+. The topological polar surface area (TPSA) is 95.9 Å². The number of ether oxygens (including phenoxy) is 1. The van der Waals surface area contributed by atoms with E-state index in [1.165, 1.54) is 89.9 Å². The number of carbonyl (C=O) groups excluding carboxylic acids is 2. The zero-order valence-electron chi connectivity index (χ0n) is 35.3. The SMILES string of the molecule is CCC/C=C/C=C/C=C/C=C/C=C/CCCCCC(CC(=O)NC(CO)C(O)CCCCCCCCCCCC)OC(=O)CCCCCCCCCCC. The number of carbonyl (C=O) groups is 2. The highest BCUT2D eigenvalue weighted by molar-refractivity contribution is 5.77. The summed E-state index contributed by atoms with van der Waals surface area (Å²) in [5, 5.41) is 23.6. The van der Waals surface area contributed by atoms with Gasteiger partial charge in [0.1, 0.15) is 6.10 Å². The van der Waals surface area contributed by atoms with E-state index in [1.54, 1.807) is 0 Å². The van der Waals surface area contributed by atoms with Crippen LogP contribution in [0.4, 0.5) is 0 Å². The van der Waals surface area contributed by atoms with Crippen LogP contribution in [0.2, 0.25) is 0 Å². The number of allylic oxidation sites excluding steroid dienone is 10. The minimum atomic E-state index is -0.797. The molecule has 312 valence electrons. The first kappa shape index (κ1) is 51.6. The lowest BCUT2D eigenvalue weighted by molar-refractivity contribution is -0.151. The van der Waals surface area contributed by atoms with Gasteiger partial charge in [-0.25, -0.2) is 0 Å². The van der Waals surface area contributed by atoms with Gasteiger partial charge in [-0.3, -0.25) is 9.59 Å². The molecular formula is C48H85NO5. The van der Waals surface area contributed by atoms with Gasteiger partial charge in [0.15, 0.2) is 0 Å². The molecule has 54 heavy (non-hydrogen) atoms. The predicted molar refractivity (Wildman–Crippen MR) is 232 cm³/mol. The van der Waals surface area contributed by atoms with Crippen LogP contribution in [0.25, 0.3) is 0 Å². The summed E-state index contributed by atoms with van der Waals surface area (Å²) < 4.78 is 5.87. The molecule has 1 amide bonds. The average molecular weight is 756 g/mol. The summed E-state index contributed by atoms with van der Waals surface area (Å²) in [5.41, 5.74) is 0. The van der Waals surface area contributed by atoms with Crippen LogP contribution < -0.4 is 5.32 Å². The van der Waals surface area contributed by atoms with E-state index in [9.17, 15) is 19.8 Å². The maximum absolute atomic E-state index is 13.1. The van der Waals surface area contributed by atoms with Gasteiger partial charge in [0.25, 0.3) is 0 Å². The van der Waals surface area contributed by atoms with Crippen molar-refractivity contribution >= 4 is 11.9 Å². The molecule has 3 unspecified atom stereocenters. The molecule has 0 aliphatic heterocycles. The van der Waals surface area contributed by atoms with Crippen LogP contribution in [0.1, 0.15) is 207 Å². The fourth-order valence-corrected chi connectivity index (χ4v) is 6.52. The summed E-state index contributed by atoms with van der Waals surface area (Å²) in [6.07, 6.45) is 49.9. The second kappa shape index (κ2) is 41.7. The van der Waals surface area contributed by atoms with Gasteiger partial charge in [0, 0.05) is 6.42 Å². The van der Waals surface area contributed by atoms with Gasteiger partial charge >= 0.3 is 5.97 Å². The lowest BCUT2D eigenvalue weighted by Gasteiger charge is -2.24. The summed E-state index contributed by atoms with van der Waals surface area (Å²) in [6.45, 7) is 6.33. The van der Waals surface area contributed by atoms with E-state index in [0.29, 0.717) is 19.3 Å². The van der Waals surface area contributed by atoms with Crippen molar-refractivity contribution in [3.05, 3.63) is 60.8 Å². The molecule has 0 aromatic rings. The fourth-order valence-electron chi connectivity index (χ4n) is 6.52. The van der Waals surface area contributed by atoms with E-state index >= 15 is 0 Å². The van der Waals surface area contributed by atoms with E-state index < -0.39 is 18.2 Å². The summed E-state index contributed by atoms with van der Waals surface area (Å²) in [6, 6.07) is -0.713. The largest absolute Gasteiger partial charge is 0.462 e. The number of aliphatic hydroxyl groups excluding tert-OH is 2. The molecular weight excluding hydrogens is 671 g/mol. The van der Waals surface area contributed by atoms with Crippen molar-refractivity contribution in [3.63, 3.8) is 0 Å². The quantitative estimate of drug-likeness (QED) is 0.0330. The number of hydrogen-bond acceptors (Lipinski definition) is 5. The third kappa shape index (κ3) is 36.5. The molecule has 0 bridgehead atoms. The summed E-state index contributed by atoms with van der Waals surface area (Å²) in [4.78, 5) is 25.9. The Kier molecular flexibility index (Phi) is 39.8. The van der Waals surface area contributed by atoms with Crippen molar-refractivity contribution in [3.8, 4) is 0 Å². The van der Waals surface area contributed by atoms with Crippen LogP contribution in [0.3, 0.4) is 0 Å². The predicted octanol–water partition coefficient (Wildman–Crippen LogP) is 12.9. The molecule has 0 aromatic carbocycles. The minimum Gasteiger partial charge on any atom is -0.462 e. The smallest absolute Gasteiger partial charge is 0.306 e. The number of esters is 1. The first-order valence-corrected chi connectivity index (χ1v) is 22.6. The van der Waals surface area contributed by atoms with Gasteiger partial charge < -0.3 is 20.3 Å². The summed E-state index contributed by atoms with van der Waals surface area (Å²) >= 11 is 0. The first-order chi connectivity index (χ1) is 26.5. The second-order valence-electron chi connectivity index (χ2n) is 15.2. The fraction of sp³-hybridized carbons (Fsp3) is 0.750. The first-order valence-electron chi connectivity index (χ1n) is 22.6. The molecule has 3 N–H and O–H groups in total. The van der Waals surface area contributed by atoms with Crippen molar-refractivity contribution in [2.24, 2.45) is 0 Å². The summed E-state index contributed by atoms with van der Waals surface area (Å²) in [5.74, 6) is -0.521. The Balaban J connectivity index is 4.71. The third-order valence-electron chi connectivity index (χ3n) is 9.96. The number of aliphatic hydroxyl groups is 2. The van der Waals surface area contributed by atoms with Crippen molar-refractivity contribution in [1.82, 2.24) is 5.32 Å². The van der Waals surface area contributed by atoms with Crippen LogP contribution in [0.5, 0.6) is 0 Å². The van der Waals surface area contributed by atoms with E-state index in [-0.39, 0.29) is 24.9 Å². The van der Waals surface area contributed by atoms with Crippen molar-refractivity contribution < 1.29 is 24.5 Å². The van der Waals surface area contributed by atoms with E-state index in [4.69, 9.17) is 4.74 Å². The Labute approximate surface area is 333 Å². The molecule has 0 fully saturated rings. The van der Waals surface area contributed by atoms with Crippen LogP contribution in [-0.2, 0) is 14.3 Å². The zero-order chi connectivity index (χ0) is 39.6. The molecule has 3 atom stereocenters. The highest BCUT2D eigenvalue weighted by Gasteiger charge is 2.24. The Morgan fingerprint density at radius 1 is 0.537 bits per heavy atom. The van der Waals surface area contributed by atoms with Gasteiger partial charge in [-0.05, 0) is 44.9 Å². The Bertz CT molecular complexity index is 984. The normalized spacial score (nSPS) is 13.9. The molecule has 6 heteroatoms. The molecule has 0 radical (unpaired) electrons. The lowest BCUT2D eigenvalue weighted by Crippen LogP contribution is -2.46. The van der Waals surface area contributed by atoms with Gasteiger partial charge in [0.2, 0.25) is 5.91 Å². The van der Waals surface area contributed by atoms with E-state index in [1.807, 2.05) is 36.5 Å². The number of amides is 1. The molecule has 0 saturated carbocycles. The van der Waals surface area contributed by atoms with E-state index in [0.717, 1.165) is 70.6 Å². The third-order valence-corrected chi connectivity index (χ3v) is 9.96. The Morgan fingerprint density at radius 2 is 0.981 bits per heavy atom. The zero-order valence-corrected chi connectivity index (χ0v) is 35.3. The second-order valence-corrected chi connectivity index (χ2v) is 15.2. The Morgan fingerprint density at radius 3 is 1.50 bits per heavy atom. The van der Waals surface area contributed by atoms with Gasteiger partial charge in [0.05, 0.1) is 25.2 Å². The van der Waals surface area contributed by atoms with Crippen molar-refractivity contribution in [2.75, 3.05) is 6.61 Å². The summed E-state index contributed by atoms with van der Waals surface area (Å²) in [7, 11) is 0. The van der Waals surface area contributed by atoms with Crippen molar-refractivity contribution in [1.29, 1.82) is 0 Å². The number of unbranched alkanes of at least 4 members (excludes halogenated alkanes) is 21. The van der Waals surface area contributed by atoms with E-state index in [2.05, 4.69) is 50.4 Å². The van der Waals surface area contributed by atoms with Gasteiger partial charge in [-0.15, -0.1) is 0 Å². The van der Waals surface area contributed by atoms with Gasteiger partial charge in [-0.2, -0.15) is 0 Å². The average Bonchev–Trinajstić information content (AvgIpc) is 3.16. The maximum Gasteiger partial charge on any atom is 0.306 e. The maximum atomic E-state index is 13.1. The minimum absolute atomic E-state index is 0.0490. The van der Waals surface area contributed by atoms with Crippen LogP contribution >= 0.6 is 0 Å². The van der Waals surface area contributed by atoms with Crippen LogP contribution in [0.15, 0.2) is 60.8 Å². The molecule has 0 saturated heterocycles. The highest BCUT2D eigenvalue weighted by Crippen LogP contribution is 2.17. The molecule has 0 aliphatic rings. The molecule has 0 spiro atoms. The monoisotopic (exact) mass is 756 g/mol. The molecule has 0 aromatic heterocycles. The van der Waals surface area contributed by atoms with Gasteiger partial charge in [-0.1, -0.05) is 210 Å². The highest BCUT2D eigenvalue weighted by atomic mass is 16.5. The Hall–Kier alpha value is -2.44. The van der Waals surface area contributed by atoms with Crippen LogP contribution in [-0.4, -0.2) is 46.9 Å². The lowest BCUT2D eigenvalue weighted by atomic mass is 10.0. The number of hydrogen-bond donors (Lipinski definition) is 3. The molecule has 0 heterocycles. The number of nitrogens with one attached hydrogen (secondary N) is 1.